The number of unbranched alkanes of at least 4 members (excludes halogenated alkanes) is 1. The topological polar surface area (TPSA) is 63.3 Å². The standard InChI is InChI=1S/C13H19NO2S.C2H6/c1-3-9(2)8-11-12(15)10(13(16)17-11)6-4-5-7-14;1-2/h3,8,11,15H,1,4-7,14H2,2H3;1-2H3/b9-8+;. The number of carbonyl (C=O) groups excluding carboxylic acids is 1. The minimum Gasteiger partial charge on any atom is -0.510 e. The zero-order valence-electron chi connectivity index (χ0n) is 12.1. The average Bonchev–Trinajstić information content (AvgIpc) is 2.68. The molecule has 0 saturated heterocycles. The Morgan fingerprint density at radius 3 is 2.63 bits per heavy atom. The summed E-state index contributed by atoms with van der Waals surface area (Å²) in [6, 6.07) is 0. The van der Waals surface area contributed by atoms with Crippen LogP contribution in [0.4, 0.5) is 0 Å². The van der Waals surface area contributed by atoms with Crippen LogP contribution in [0, 0.1) is 0 Å². The van der Waals surface area contributed by atoms with Crippen molar-refractivity contribution >= 4 is 16.9 Å². The van der Waals surface area contributed by atoms with Gasteiger partial charge in [-0.15, -0.1) is 0 Å². The van der Waals surface area contributed by atoms with Crippen molar-refractivity contribution in [2.75, 3.05) is 6.54 Å². The fourth-order valence-corrected chi connectivity index (χ4v) is 2.73. The molecule has 0 amide bonds. The molecular formula is C15H25NO2S. The van der Waals surface area contributed by atoms with Gasteiger partial charge in [-0.25, -0.2) is 0 Å². The number of allylic oxidation sites excluding steroid dienone is 2. The number of aliphatic hydroxyl groups is 1. The van der Waals surface area contributed by atoms with Gasteiger partial charge in [-0.3, -0.25) is 4.79 Å². The zero-order valence-corrected chi connectivity index (χ0v) is 12.9. The second-order valence-electron chi connectivity index (χ2n) is 4.05. The first-order valence-electron chi connectivity index (χ1n) is 6.74. The fourth-order valence-electron chi connectivity index (χ4n) is 1.61. The largest absolute Gasteiger partial charge is 0.510 e. The van der Waals surface area contributed by atoms with Crippen molar-refractivity contribution < 1.29 is 9.90 Å². The Balaban J connectivity index is 0.00000154. The summed E-state index contributed by atoms with van der Waals surface area (Å²) in [4.78, 5) is 11.7. The summed E-state index contributed by atoms with van der Waals surface area (Å²) in [5.41, 5.74) is 6.92. The van der Waals surface area contributed by atoms with Crippen molar-refractivity contribution in [2.24, 2.45) is 5.73 Å². The van der Waals surface area contributed by atoms with Crippen molar-refractivity contribution in [3.05, 3.63) is 35.6 Å². The smallest absolute Gasteiger partial charge is 0.219 e. The summed E-state index contributed by atoms with van der Waals surface area (Å²) in [6.45, 7) is 10.2. The van der Waals surface area contributed by atoms with E-state index in [0.29, 0.717) is 18.5 Å². The van der Waals surface area contributed by atoms with Gasteiger partial charge in [0.05, 0.1) is 5.25 Å². The SMILES string of the molecule is C=C/C(C)=C/C1SC(=O)C(CCCCN)=C1O.CC. The van der Waals surface area contributed by atoms with Crippen molar-refractivity contribution in [2.45, 2.75) is 45.3 Å². The Bertz CT molecular complexity index is 372. The van der Waals surface area contributed by atoms with Crippen molar-refractivity contribution in [1.82, 2.24) is 0 Å². The van der Waals surface area contributed by atoms with Crippen LogP contribution in [0.1, 0.15) is 40.0 Å². The lowest BCUT2D eigenvalue weighted by molar-refractivity contribution is -0.108. The van der Waals surface area contributed by atoms with Gasteiger partial charge in [0.2, 0.25) is 5.12 Å². The molecule has 4 heteroatoms. The molecule has 1 rings (SSSR count). The Labute approximate surface area is 120 Å². The minimum absolute atomic E-state index is 0.0161. The van der Waals surface area contributed by atoms with Crippen LogP contribution in [0.3, 0.4) is 0 Å². The maximum absolute atomic E-state index is 11.7. The predicted octanol–water partition coefficient (Wildman–Crippen LogP) is 3.73. The van der Waals surface area contributed by atoms with E-state index in [-0.39, 0.29) is 16.1 Å². The number of rotatable bonds is 6. The van der Waals surface area contributed by atoms with Crippen LogP contribution in [0.5, 0.6) is 0 Å². The fraction of sp³-hybridized carbons (Fsp3) is 0.533. The molecule has 19 heavy (non-hydrogen) atoms. The number of nitrogens with two attached hydrogens (primary N) is 1. The number of hydrogen-bond donors (Lipinski definition) is 2. The lowest BCUT2D eigenvalue weighted by atomic mass is 10.1. The van der Waals surface area contributed by atoms with E-state index < -0.39 is 0 Å². The molecule has 0 bridgehead atoms. The minimum atomic E-state index is -0.242. The van der Waals surface area contributed by atoms with Crippen LogP contribution < -0.4 is 5.73 Å². The Morgan fingerprint density at radius 1 is 1.47 bits per heavy atom. The number of carbonyl (C=O) groups is 1. The van der Waals surface area contributed by atoms with Gasteiger partial charge in [-0.1, -0.05) is 49.9 Å². The van der Waals surface area contributed by atoms with Gasteiger partial charge in [-0.2, -0.15) is 0 Å². The summed E-state index contributed by atoms with van der Waals surface area (Å²) in [5, 5.41) is 9.73. The van der Waals surface area contributed by atoms with Gasteiger partial charge in [-0.05, 0) is 32.7 Å². The van der Waals surface area contributed by atoms with E-state index in [1.54, 1.807) is 6.08 Å². The van der Waals surface area contributed by atoms with Gasteiger partial charge < -0.3 is 10.8 Å². The van der Waals surface area contributed by atoms with Crippen LogP contribution in [-0.4, -0.2) is 22.0 Å². The lowest BCUT2D eigenvalue weighted by Crippen LogP contribution is -2.01. The molecule has 1 aliphatic rings. The first-order valence-corrected chi connectivity index (χ1v) is 7.62. The van der Waals surface area contributed by atoms with Crippen LogP contribution >= 0.6 is 11.8 Å². The number of aliphatic hydroxyl groups excluding tert-OH is 1. The lowest BCUT2D eigenvalue weighted by Gasteiger charge is -2.04. The second kappa shape index (κ2) is 9.87. The summed E-state index contributed by atoms with van der Waals surface area (Å²) in [5.74, 6) is 0.207. The molecule has 0 aromatic heterocycles. The zero-order chi connectivity index (χ0) is 14.8. The van der Waals surface area contributed by atoms with Crippen LogP contribution in [0.2, 0.25) is 0 Å². The summed E-state index contributed by atoms with van der Waals surface area (Å²) in [6.07, 6.45) is 5.91. The van der Waals surface area contributed by atoms with Crippen molar-refractivity contribution in [3.63, 3.8) is 0 Å². The van der Waals surface area contributed by atoms with E-state index in [4.69, 9.17) is 5.73 Å². The van der Waals surface area contributed by atoms with Gasteiger partial charge in [0.15, 0.2) is 0 Å². The van der Waals surface area contributed by atoms with Crippen LogP contribution in [0.15, 0.2) is 35.6 Å². The second-order valence-corrected chi connectivity index (χ2v) is 5.16. The molecule has 1 heterocycles. The highest BCUT2D eigenvalue weighted by molar-refractivity contribution is 8.15. The average molecular weight is 283 g/mol. The van der Waals surface area contributed by atoms with Gasteiger partial charge in [0.1, 0.15) is 5.76 Å². The predicted molar refractivity (Wildman–Crippen MR) is 84.2 cm³/mol. The van der Waals surface area contributed by atoms with Gasteiger partial charge >= 0.3 is 0 Å². The first-order chi connectivity index (χ1) is 9.10. The molecular weight excluding hydrogens is 258 g/mol. The van der Waals surface area contributed by atoms with E-state index in [9.17, 15) is 9.90 Å². The van der Waals surface area contributed by atoms with Crippen LogP contribution in [0.25, 0.3) is 0 Å². The maximum Gasteiger partial charge on any atom is 0.219 e. The molecule has 0 spiro atoms. The molecule has 0 aromatic carbocycles. The highest BCUT2D eigenvalue weighted by Gasteiger charge is 2.31. The summed E-state index contributed by atoms with van der Waals surface area (Å²) < 4.78 is 0. The normalized spacial score (nSPS) is 19.3. The summed E-state index contributed by atoms with van der Waals surface area (Å²) >= 11 is 1.17. The molecule has 0 aromatic rings. The molecule has 1 aliphatic heterocycles. The van der Waals surface area contributed by atoms with E-state index in [0.717, 1.165) is 18.4 Å². The highest BCUT2D eigenvalue weighted by Crippen LogP contribution is 2.36. The maximum atomic E-state index is 11.7. The third kappa shape index (κ3) is 5.66. The Hall–Kier alpha value is -1.00. The van der Waals surface area contributed by atoms with E-state index in [2.05, 4.69) is 6.58 Å². The quantitative estimate of drug-likeness (QED) is 0.576. The molecule has 0 saturated carbocycles. The third-order valence-corrected chi connectivity index (χ3v) is 3.75. The van der Waals surface area contributed by atoms with Crippen LogP contribution in [-0.2, 0) is 4.79 Å². The third-order valence-electron chi connectivity index (χ3n) is 2.68. The van der Waals surface area contributed by atoms with E-state index in [1.807, 2.05) is 26.8 Å². The molecule has 108 valence electrons. The molecule has 0 aliphatic carbocycles. The van der Waals surface area contributed by atoms with Gasteiger partial charge in [0, 0.05) is 5.57 Å². The number of thioether (sulfide) groups is 1. The van der Waals surface area contributed by atoms with Crippen molar-refractivity contribution in [3.8, 4) is 0 Å². The molecule has 1 atom stereocenters. The molecule has 3 nitrogen and oxygen atoms in total. The van der Waals surface area contributed by atoms with E-state index >= 15 is 0 Å². The Morgan fingerprint density at radius 2 is 2.11 bits per heavy atom. The molecule has 3 N–H and O–H groups in total. The van der Waals surface area contributed by atoms with E-state index in [1.165, 1.54) is 11.8 Å². The molecule has 0 fully saturated rings. The summed E-state index contributed by atoms with van der Waals surface area (Å²) in [7, 11) is 0. The molecule has 1 unspecified atom stereocenters. The number of hydrogen-bond acceptors (Lipinski definition) is 4. The highest BCUT2D eigenvalue weighted by atomic mass is 32.2. The Kier molecular flexibility index (Phi) is 9.35. The van der Waals surface area contributed by atoms with Crippen molar-refractivity contribution in [1.29, 1.82) is 0 Å². The first kappa shape index (κ1) is 18.0. The monoisotopic (exact) mass is 283 g/mol. The van der Waals surface area contributed by atoms with Gasteiger partial charge in [0.25, 0.3) is 0 Å². The molecule has 0 radical (unpaired) electrons.